The normalized spacial score (nSPS) is 10.6. The van der Waals surface area contributed by atoms with Gasteiger partial charge in [-0.3, -0.25) is 5.10 Å². The van der Waals surface area contributed by atoms with Crippen LogP contribution in [-0.4, -0.2) is 16.9 Å². The molecular formula is C11H11ClN2OS. The second-order valence-corrected chi connectivity index (χ2v) is 4.16. The van der Waals surface area contributed by atoms with Gasteiger partial charge in [-0.1, -0.05) is 36.0 Å². The van der Waals surface area contributed by atoms with Gasteiger partial charge in [-0.05, 0) is 18.2 Å². The predicted molar refractivity (Wildman–Crippen MR) is 66.7 cm³/mol. The summed E-state index contributed by atoms with van der Waals surface area (Å²) in [7, 11) is 1.64. The number of aromatic amines is 1. The van der Waals surface area contributed by atoms with Crippen LogP contribution in [0.2, 0.25) is 5.02 Å². The highest BCUT2D eigenvalue weighted by molar-refractivity contribution is 7.71. The zero-order chi connectivity index (χ0) is 11.5. The van der Waals surface area contributed by atoms with Gasteiger partial charge in [0.1, 0.15) is 4.64 Å². The third kappa shape index (κ3) is 2.19. The standard InChI is InChI=1S/C11H11ClN2OS/c1-15-7-8-6-11(16)14(13-8)10-5-3-2-4-9(10)12/h2-6,13H,7H2,1H3. The molecular weight excluding hydrogens is 244 g/mol. The van der Waals surface area contributed by atoms with Gasteiger partial charge in [-0.25, -0.2) is 4.68 Å². The fourth-order valence-corrected chi connectivity index (χ4v) is 1.99. The van der Waals surface area contributed by atoms with Crippen molar-refractivity contribution in [3.63, 3.8) is 0 Å². The summed E-state index contributed by atoms with van der Waals surface area (Å²) >= 11 is 11.3. The molecule has 0 amide bonds. The summed E-state index contributed by atoms with van der Waals surface area (Å²) in [4.78, 5) is 0. The van der Waals surface area contributed by atoms with E-state index in [2.05, 4.69) is 5.10 Å². The number of ether oxygens (including phenoxy) is 1. The SMILES string of the molecule is COCc1cc(=S)n(-c2ccccc2Cl)[nH]1. The van der Waals surface area contributed by atoms with Crippen LogP contribution in [0.3, 0.4) is 0 Å². The van der Waals surface area contributed by atoms with Crippen molar-refractivity contribution in [3.8, 4) is 5.69 Å². The zero-order valence-corrected chi connectivity index (χ0v) is 10.3. The molecule has 0 saturated heterocycles. The number of aromatic nitrogens is 2. The maximum absolute atomic E-state index is 6.10. The van der Waals surface area contributed by atoms with Gasteiger partial charge in [-0.2, -0.15) is 0 Å². The van der Waals surface area contributed by atoms with Crippen LogP contribution in [0.5, 0.6) is 0 Å². The van der Waals surface area contributed by atoms with Crippen LogP contribution in [0, 0.1) is 4.64 Å². The molecule has 0 unspecified atom stereocenters. The molecule has 2 rings (SSSR count). The van der Waals surface area contributed by atoms with E-state index in [1.807, 2.05) is 30.3 Å². The summed E-state index contributed by atoms with van der Waals surface area (Å²) in [6, 6.07) is 9.40. The molecule has 0 aliphatic carbocycles. The van der Waals surface area contributed by atoms with Gasteiger partial charge in [0.25, 0.3) is 0 Å². The largest absolute Gasteiger partial charge is 0.378 e. The van der Waals surface area contributed by atoms with Crippen LogP contribution in [0.25, 0.3) is 5.69 Å². The van der Waals surface area contributed by atoms with Gasteiger partial charge in [-0.15, -0.1) is 0 Å². The number of H-pyrrole nitrogens is 1. The van der Waals surface area contributed by atoms with Crippen LogP contribution >= 0.6 is 23.8 Å². The Morgan fingerprint density at radius 3 is 2.88 bits per heavy atom. The molecule has 0 atom stereocenters. The van der Waals surface area contributed by atoms with Crippen molar-refractivity contribution in [2.24, 2.45) is 0 Å². The van der Waals surface area contributed by atoms with Crippen LogP contribution in [0.1, 0.15) is 5.69 Å². The van der Waals surface area contributed by atoms with Gasteiger partial charge in [0.05, 0.1) is 23.0 Å². The van der Waals surface area contributed by atoms with Crippen molar-refractivity contribution >= 4 is 23.8 Å². The molecule has 3 nitrogen and oxygen atoms in total. The first-order chi connectivity index (χ1) is 7.72. The summed E-state index contributed by atoms with van der Waals surface area (Å²) in [6.07, 6.45) is 0. The minimum absolute atomic E-state index is 0.501. The lowest BCUT2D eigenvalue weighted by molar-refractivity contribution is 0.181. The predicted octanol–water partition coefficient (Wildman–Crippen LogP) is 3.33. The van der Waals surface area contributed by atoms with Gasteiger partial charge < -0.3 is 4.74 Å². The molecule has 1 heterocycles. The Kier molecular flexibility index (Phi) is 3.43. The van der Waals surface area contributed by atoms with Gasteiger partial charge >= 0.3 is 0 Å². The molecule has 84 valence electrons. The highest BCUT2D eigenvalue weighted by Crippen LogP contribution is 2.20. The van der Waals surface area contributed by atoms with Gasteiger partial charge in [0, 0.05) is 7.11 Å². The number of nitrogens with one attached hydrogen (secondary N) is 1. The van der Waals surface area contributed by atoms with Crippen molar-refractivity contribution < 1.29 is 4.74 Å². The van der Waals surface area contributed by atoms with Crippen molar-refractivity contribution in [3.05, 3.63) is 45.7 Å². The lowest BCUT2D eigenvalue weighted by Gasteiger charge is -2.04. The minimum Gasteiger partial charge on any atom is -0.378 e. The zero-order valence-electron chi connectivity index (χ0n) is 8.74. The second-order valence-electron chi connectivity index (χ2n) is 3.34. The van der Waals surface area contributed by atoms with E-state index in [0.29, 0.717) is 16.3 Å². The first kappa shape index (κ1) is 11.4. The average Bonchev–Trinajstić information content (AvgIpc) is 2.61. The number of methoxy groups -OCH3 is 1. The maximum atomic E-state index is 6.10. The Bertz CT molecular complexity index is 547. The fraction of sp³-hybridized carbons (Fsp3) is 0.182. The Labute approximate surface area is 104 Å². The number of nitrogens with zero attached hydrogens (tertiary/aromatic N) is 1. The van der Waals surface area contributed by atoms with Crippen LogP contribution in [0.15, 0.2) is 30.3 Å². The molecule has 0 saturated carbocycles. The monoisotopic (exact) mass is 254 g/mol. The highest BCUT2D eigenvalue weighted by Gasteiger charge is 2.05. The number of hydrogen-bond acceptors (Lipinski definition) is 2. The van der Waals surface area contributed by atoms with E-state index in [-0.39, 0.29) is 0 Å². The number of para-hydroxylation sites is 1. The quantitative estimate of drug-likeness (QED) is 0.852. The molecule has 0 radical (unpaired) electrons. The topological polar surface area (TPSA) is 29.9 Å². The van der Waals surface area contributed by atoms with E-state index in [4.69, 9.17) is 28.6 Å². The molecule has 0 aliphatic heterocycles. The molecule has 16 heavy (non-hydrogen) atoms. The third-order valence-corrected chi connectivity index (χ3v) is 2.79. The van der Waals surface area contributed by atoms with Gasteiger partial charge in [0.15, 0.2) is 0 Å². The van der Waals surface area contributed by atoms with Crippen LogP contribution in [0.4, 0.5) is 0 Å². The lowest BCUT2D eigenvalue weighted by atomic mass is 10.3. The Hall–Kier alpha value is -1.10. The molecule has 1 N–H and O–H groups in total. The molecule has 5 heteroatoms. The van der Waals surface area contributed by atoms with E-state index in [9.17, 15) is 0 Å². The molecule has 2 aromatic rings. The van der Waals surface area contributed by atoms with Crippen molar-refractivity contribution in [1.29, 1.82) is 0 Å². The van der Waals surface area contributed by atoms with Gasteiger partial charge in [0.2, 0.25) is 0 Å². The van der Waals surface area contributed by atoms with E-state index < -0.39 is 0 Å². The summed E-state index contributed by atoms with van der Waals surface area (Å²) in [6.45, 7) is 0.501. The average molecular weight is 255 g/mol. The smallest absolute Gasteiger partial charge is 0.128 e. The van der Waals surface area contributed by atoms with E-state index in [0.717, 1.165) is 11.4 Å². The summed E-state index contributed by atoms with van der Waals surface area (Å²) in [5.74, 6) is 0. The fourth-order valence-electron chi connectivity index (χ4n) is 1.49. The Morgan fingerprint density at radius 1 is 1.44 bits per heavy atom. The van der Waals surface area contributed by atoms with Crippen molar-refractivity contribution in [2.45, 2.75) is 6.61 Å². The molecule has 1 aromatic carbocycles. The lowest BCUT2D eigenvalue weighted by Crippen LogP contribution is -1.98. The number of rotatable bonds is 3. The van der Waals surface area contributed by atoms with Crippen molar-refractivity contribution in [1.82, 2.24) is 9.78 Å². The first-order valence-corrected chi connectivity index (χ1v) is 5.56. The molecule has 0 spiro atoms. The summed E-state index contributed by atoms with van der Waals surface area (Å²) < 4.78 is 7.49. The summed E-state index contributed by atoms with van der Waals surface area (Å²) in [5, 5.41) is 3.80. The van der Waals surface area contributed by atoms with Crippen LogP contribution < -0.4 is 0 Å². The first-order valence-electron chi connectivity index (χ1n) is 4.77. The number of benzene rings is 1. The van der Waals surface area contributed by atoms with Crippen molar-refractivity contribution in [2.75, 3.05) is 7.11 Å². The second kappa shape index (κ2) is 4.82. The highest BCUT2D eigenvalue weighted by atomic mass is 35.5. The van der Waals surface area contributed by atoms with E-state index in [1.54, 1.807) is 11.8 Å². The Balaban J connectivity index is 2.48. The number of hydrogen-bond donors (Lipinski definition) is 1. The van der Waals surface area contributed by atoms with E-state index in [1.165, 1.54) is 0 Å². The Morgan fingerprint density at radius 2 is 2.19 bits per heavy atom. The number of halogens is 1. The molecule has 1 aromatic heterocycles. The molecule has 0 fully saturated rings. The maximum Gasteiger partial charge on any atom is 0.128 e. The summed E-state index contributed by atoms with van der Waals surface area (Å²) in [5.41, 5.74) is 1.77. The molecule has 0 bridgehead atoms. The minimum atomic E-state index is 0.501. The third-order valence-electron chi connectivity index (χ3n) is 2.17. The van der Waals surface area contributed by atoms with Crippen LogP contribution in [-0.2, 0) is 11.3 Å². The molecule has 0 aliphatic rings. The van der Waals surface area contributed by atoms with E-state index >= 15 is 0 Å².